The zero-order valence-corrected chi connectivity index (χ0v) is 17.0. The molecule has 0 aliphatic carbocycles. The molecule has 2 heterocycles. The smallest absolute Gasteiger partial charge is 0.226 e. The second-order valence-electron chi connectivity index (χ2n) is 7.14. The van der Waals surface area contributed by atoms with Gasteiger partial charge in [0.25, 0.3) is 0 Å². The topological polar surface area (TPSA) is 64.6 Å². The molecule has 28 heavy (non-hydrogen) atoms. The SMILES string of the molecule is CCOCc1cnc(C)nc1C1CCN(C(=O)Cc2ccc(OC)cc2)CC1. The summed E-state index contributed by atoms with van der Waals surface area (Å²) in [7, 11) is 1.64. The molecule has 6 heteroatoms. The fourth-order valence-electron chi connectivity index (χ4n) is 3.62. The van der Waals surface area contributed by atoms with Gasteiger partial charge in [0.1, 0.15) is 11.6 Å². The molecular formula is C22H29N3O3. The molecule has 1 aromatic carbocycles. The molecule has 1 fully saturated rings. The van der Waals surface area contributed by atoms with Gasteiger partial charge in [-0.05, 0) is 44.4 Å². The van der Waals surface area contributed by atoms with E-state index in [1.165, 1.54) is 0 Å². The molecule has 1 aliphatic rings. The quantitative estimate of drug-likeness (QED) is 0.734. The van der Waals surface area contributed by atoms with E-state index in [0.29, 0.717) is 25.6 Å². The number of hydrogen-bond acceptors (Lipinski definition) is 5. The molecular weight excluding hydrogens is 354 g/mol. The van der Waals surface area contributed by atoms with Crippen molar-refractivity contribution in [3.63, 3.8) is 0 Å². The summed E-state index contributed by atoms with van der Waals surface area (Å²) in [6.07, 6.45) is 4.15. The van der Waals surface area contributed by atoms with Crippen LogP contribution >= 0.6 is 0 Å². The van der Waals surface area contributed by atoms with Gasteiger partial charge in [-0.3, -0.25) is 4.79 Å². The van der Waals surface area contributed by atoms with Gasteiger partial charge in [0, 0.05) is 37.4 Å². The van der Waals surface area contributed by atoms with Crippen LogP contribution in [0.25, 0.3) is 0 Å². The fraction of sp³-hybridized carbons (Fsp3) is 0.500. The molecule has 2 aromatic rings. The van der Waals surface area contributed by atoms with Crippen LogP contribution in [0.3, 0.4) is 0 Å². The Hall–Kier alpha value is -2.47. The number of methoxy groups -OCH3 is 1. The van der Waals surface area contributed by atoms with Gasteiger partial charge in [0.15, 0.2) is 0 Å². The number of rotatable bonds is 7. The minimum atomic E-state index is 0.178. The molecule has 0 spiro atoms. The number of piperidine rings is 1. The molecule has 0 atom stereocenters. The van der Waals surface area contributed by atoms with Gasteiger partial charge in [0.2, 0.25) is 5.91 Å². The molecule has 0 unspecified atom stereocenters. The first-order valence-electron chi connectivity index (χ1n) is 9.91. The molecule has 3 rings (SSSR count). The van der Waals surface area contributed by atoms with Crippen molar-refractivity contribution in [2.75, 3.05) is 26.8 Å². The highest BCUT2D eigenvalue weighted by Gasteiger charge is 2.26. The highest BCUT2D eigenvalue weighted by atomic mass is 16.5. The van der Waals surface area contributed by atoms with E-state index in [1.54, 1.807) is 7.11 Å². The number of aryl methyl sites for hydroxylation is 1. The lowest BCUT2D eigenvalue weighted by molar-refractivity contribution is -0.131. The molecule has 1 saturated heterocycles. The summed E-state index contributed by atoms with van der Waals surface area (Å²) >= 11 is 0. The summed E-state index contributed by atoms with van der Waals surface area (Å²) in [6, 6.07) is 7.69. The number of carbonyl (C=O) groups is 1. The second-order valence-corrected chi connectivity index (χ2v) is 7.14. The second kappa shape index (κ2) is 9.64. The van der Waals surface area contributed by atoms with E-state index in [1.807, 2.05) is 49.2 Å². The van der Waals surface area contributed by atoms with Gasteiger partial charge < -0.3 is 14.4 Å². The minimum Gasteiger partial charge on any atom is -0.497 e. The summed E-state index contributed by atoms with van der Waals surface area (Å²) in [5, 5.41) is 0. The molecule has 0 radical (unpaired) electrons. The van der Waals surface area contributed by atoms with Gasteiger partial charge in [-0.1, -0.05) is 12.1 Å². The lowest BCUT2D eigenvalue weighted by Gasteiger charge is -2.32. The van der Waals surface area contributed by atoms with Gasteiger partial charge in [-0.25, -0.2) is 9.97 Å². The van der Waals surface area contributed by atoms with E-state index in [-0.39, 0.29) is 5.91 Å². The van der Waals surface area contributed by atoms with Crippen molar-refractivity contribution in [3.05, 3.63) is 53.1 Å². The Bertz CT molecular complexity index is 784. The zero-order valence-electron chi connectivity index (χ0n) is 17.0. The monoisotopic (exact) mass is 383 g/mol. The van der Waals surface area contributed by atoms with Crippen LogP contribution in [-0.4, -0.2) is 47.6 Å². The number of aromatic nitrogens is 2. The standard InChI is InChI=1S/C22H29N3O3/c1-4-28-15-19-14-23-16(2)24-22(19)18-9-11-25(12-10-18)21(26)13-17-5-7-20(27-3)8-6-17/h5-8,14,18H,4,9-13,15H2,1-3H3. The summed E-state index contributed by atoms with van der Waals surface area (Å²) in [5.41, 5.74) is 3.16. The third kappa shape index (κ3) is 5.07. The Kier molecular flexibility index (Phi) is 6.98. The number of carbonyl (C=O) groups excluding carboxylic acids is 1. The molecule has 0 saturated carbocycles. The zero-order chi connectivity index (χ0) is 19.9. The summed E-state index contributed by atoms with van der Waals surface area (Å²) in [4.78, 5) is 23.7. The molecule has 1 aliphatic heterocycles. The molecule has 0 bridgehead atoms. The van der Waals surface area contributed by atoms with Crippen molar-refractivity contribution in [3.8, 4) is 5.75 Å². The first-order valence-corrected chi connectivity index (χ1v) is 9.91. The number of hydrogen-bond donors (Lipinski definition) is 0. The Morgan fingerprint density at radius 1 is 1.21 bits per heavy atom. The van der Waals surface area contributed by atoms with E-state index in [4.69, 9.17) is 14.5 Å². The van der Waals surface area contributed by atoms with Crippen molar-refractivity contribution in [2.45, 2.75) is 45.6 Å². The Balaban J connectivity index is 1.59. The summed E-state index contributed by atoms with van der Waals surface area (Å²) < 4.78 is 10.8. The molecule has 0 N–H and O–H groups in total. The first-order chi connectivity index (χ1) is 13.6. The minimum absolute atomic E-state index is 0.178. The van der Waals surface area contributed by atoms with Crippen molar-refractivity contribution >= 4 is 5.91 Å². The Labute approximate surface area is 166 Å². The van der Waals surface area contributed by atoms with Crippen LogP contribution < -0.4 is 4.74 Å². The lowest BCUT2D eigenvalue weighted by atomic mass is 9.90. The highest BCUT2D eigenvalue weighted by molar-refractivity contribution is 5.79. The molecule has 150 valence electrons. The maximum atomic E-state index is 12.7. The first kappa shape index (κ1) is 20.3. The van der Waals surface area contributed by atoms with Crippen molar-refractivity contribution in [2.24, 2.45) is 0 Å². The van der Waals surface area contributed by atoms with Crippen LogP contribution in [0.15, 0.2) is 30.5 Å². The van der Waals surface area contributed by atoms with Gasteiger partial charge in [0.05, 0.1) is 25.8 Å². The van der Waals surface area contributed by atoms with Crippen molar-refractivity contribution in [1.82, 2.24) is 14.9 Å². The van der Waals surface area contributed by atoms with Crippen LogP contribution in [0.2, 0.25) is 0 Å². The molecule has 6 nitrogen and oxygen atoms in total. The van der Waals surface area contributed by atoms with E-state index in [9.17, 15) is 4.79 Å². The normalized spacial score (nSPS) is 14.9. The van der Waals surface area contributed by atoms with Crippen LogP contribution in [0, 0.1) is 6.92 Å². The van der Waals surface area contributed by atoms with E-state index >= 15 is 0 Å². The summed E-state index contributed by atoms with van der Waals surface area (Å²) in [6.45, 7) is 6.64. The number of amides is 1. The number of ether oxygens (including phenoxy) is 2. The van der Waals surface area contributed by atoms with E-state index in [2.05, 4.69) is 4.98 Å². The largest absolute Gasteiger partial charge is 0.497 e. The molecule has 1 aromatic heterocycles. The fourth-order valence-corrected chi connectivity index (χ4v) is 3.62. The van der Waals surface area contributed by atoms with Crippen LogP contribution in [0.4, 0.5) is 0 Å². The van der Waals surface area contributed by atoms with Crippen molar-refractivity contribution < 1.29 is 14.3 Å². The number of nitrogens with zero attached hydrogens (tertiary/aromatic N) is 3. The average Bonchev–Trinajstić information content (AvgIpc) is 2.73. The Morgan fingerprint density at radius 3 is 2.57 bits per heavy atom. The maximum absolute atomic E-state index is 12.7. The maximum Gasteiger partial charge on any atom is 0.226 e. The Morgan fingerprint density at radius 2 is 1.93 bits per heavy atom. The van der Waals surface area contributed by atoms with Crippen LogP contribution in [0.5, 0.6) is 5.75 Å². The van der Waals surface area contributed by atoms with Crippen LogP contribution in [0.1, 0.15) is 48.3 Å². The van der Waals surface area contributed by atoms with E-state index < -0.39 is 0 Å². The number of benzene rings is 1. The third-order valence-corrected chi connectivity index (χ3v) is 5.23. The van der Waals surface area contributed by atoms with Gasteiger partial charge >= 0.3 is 0 Å². The van der Waals surface area contributed by atoms with E-state index in [0.717, 1.165) is 54.3 Å². The van der Waals surface area contributed by atoms with Crippen molar-refractivity contribution in [1.29, 1.82) is 0 Å². The molecule has 1 amide bonds. The predicted octanol–water partition coefficient (Wildman–Crippen LogP) is 3.28. The average molecular weight is 383 g/mol. The van der Waals surface area contributed by atoms with Crippen LogP contribution in [-0.2, 0) is 22.6 Å². The lowest BCUT2D eigenvalue weighted by Crippen LogP contribution is -2.39. The van der Waals surface area contributed by atoms with Gasteiger partial charge in [-0.15, -0.1) is 0 Å². The highest BCUT2D eigenvalue weighted by Crippen LogP contribution is 2.29. The van der Waals surface area contributed by atoms with Gasteiger partial charge in [-0.2, -0.15) is 0 Å². The predicted molar refractivity (Wildman–Crippen MR) is 107 cm³/mol. The number of likely N-dealkylation sites (tertiary alicyclic amines) is 1. The summed E-state index contributed by atoms with van der Waals surface area (Å²) in [5.74, 6) is 2.12. The third-order valence-electron chi connectivity index (χ3n) is 5.23.